The van der Waals surface area contributed by atoms with E-state index in [2.05, 4.69) is 22.5 Å². The Morgan fingerprint density at radius 3 is 2.79 bits per heavy atom. The van der Waals surface area contributed by atoms with Crippen molar-refractivity contribution in [2.45, 2.75) is 25.3 Å². The molecule has 0 bridgehead atoms. The van der Waals surface area contributed by atoms with Gasteiger partial charge in [-0.2, -0.15) is 0 Å². The van der Waals surface area contributed by atoms with Crippen LogP contribution in [0, 0.1) is 11.8 Å². The number of aromatic nitrogens is 1. The van der Waals surface area contributed by atoms with Crippen LogP contribution >= 0.6 is 11.6 Å². The summed E-state index contributed by atoms with van der Waals surface area (Å²) in [6.45, 7) is 4.26. The molecule has 19 heavy (non-hydrogen) atoms. The Balaban J connectivity index is 1.72. The second-order valence-electron chi connectivity index (χ2n) is 5.94. The SMILES string of the molecule is C[C@@]1(NC(=O)c2ncccc2Cl)C[C@H]2CNC[C@H]2C1. The molecule has 1 saturated carbocycles. The Kier molecular flexibility index (Phi) is 3.23. The maximum Gasteiger partial charge on any atom is 0.271 e. The number of halogens is 1. The summed E-state index contributed by atoms with van der Waals surface area (Å²) in [6, 6.07) is 3.42. The van der Waals surface area contributed by atoms with Crippen LogP contribution in [-0.2, 0) is 0 Å². The van der Waals surface area contributed by atoms with Gasteiger partial charge in [-0.3, -0.25) is 4.79 Å². The van der Waals surface area contributed by atoms with Gasteiger partial charge in [0.25, 0.3) is 5.91 Å². The molecule has 4 nitrogen and oxygen atoms in total. The van der Waals surface area contributed by atoms with Crippen LogP contribution in [-0.4, -0.2) is 29.5 Å². The van der Waals surface area contributed by atoms with E-state index in [0.29, 0.717) is 22.6 Å². The third-order valence-electron chi connectivity index (χ3n) is 4.29. The van der Waals surface area contributed by atoms with Gasteiger partial charge in [-0.25, -0.2) is 4.98 Å². The smallest absolute Gasteiger partial charge is 0.271 e. The van der Waals surface area contributed by atoms with Crippen LogP contribution in [0.3, 0.4) is 0 Å². The molecule has 1 aromatic heterocycles. The van der Waals surface area contributed by atoms with Gasteiger partial charge in [-0.15, -0.1) is 0 Å². The van der Waals surface area contributed by atoms with E-state index in [4.69, 9.17) is 11.6 Å². The van der Waals surface area contributed by atoms with Crippen molar-refractivity contribution >= 4 is 17.5 Å². The Morgan fingerprint density at radius 1 is 1.47 bits per heavy atom. The lowest BCUT2D eigenvalue weighted by Crippen LogP contribution is -2.45. The van der Waals surface area contributed by atoms with Crippen LogP contribution in [0.1, 0.15) is 30.3 Å². The van der Waals surface area contributed by atoms with Gasteiger partial charge in [0.15, 0.2) is 0 Å². The highest BCUT2D eigenvalue weighted by atomic mass is 35.5. The van der Waals surface area contributed by atoms with Crippen molar-refractivity contribution in [1.29, 1.82) is 0 Å². The lowest BCUT2D eigenvalue weighted by molar-refractivity contribution is 0.0899. The molecule has 102 valence electrons. The number of nitrogens with one attached hydrogen (secondary N) is 2. The lowest BCUT2D eigenvalue weighted by atomic mass is 9.98. The van der Waals surface area contributed by atoms with E-state index in [9.17, 15) is 4.79 Å². The number of hydrogen-bond acceptors (Lipinski definition) is 3. The molecule has 1 aromatic rings. The maximum absolute atomic E-state index is 12.3. The monoisotopic (exact) mass is 279 g/mol. The molecular formula is C14H18ClN3O. The first kappa shape index (κ1) is 12.9. The number of hydrogen-bond donors (Lipinski definition) is 2. The minimum atomic E-state index is -0.166. The van der Waals surface area contributed by atoms with E-state index in [1.165, 1.54) is 0 Å². The van der Waals surface area contributed by atoms with Crippen LogP contribution in [0.5, 0.6) is 0 Å². The van der Waals surface area contributed by atoms with E-state index in [-0.39, 0.29) is 11.4 Å². The number of amides is 1. The molecule has 1 amide bonds. The molecule has 0 radical (unpaired) electrons. The maximum atomic E-state index is 12.3. The highest BCUT2D eigenvalue weighted by Gasteiger charge is 2.45. The van der Waals surface area contributed by atoms with Crippen molar-refractivity contribution in [3.05, 3.63) is 29.0 Å². The summed E-state index contributed by atoms with van der Waals surface area (Å²) in [5.74, 6) is 1.20. The van der Waals surface area contributed by atoms with Crippen molar-refractivity contribution < 1.29 is 4.79 Å². The van der Waals surface area contributed by atoms with Crippen molar-refractivity contribution in [3.63, 3.8) is 0 Å². The molecule has 2 fully saturated rings. The van der Waals surface area contributed by atoms with Crippen molar-refractivity contribution in [2.24, 2.45) is 11.8 Å². The molecule has 1 saturated heterocycles. The summed E-state index contributed by atoms with van der Waals surface area (Å²) in [7, 11) is 0. The molecule has 5 heteroatoms. The molecule has 1 aliphatic carbocycles. The molecule has 0 unspecified atom stereocenters. The fraction of sp³-hybridized carbons (Fsp3) is 0.571. The number of nitrogens with zero attached hydrogens (tertiary/aromatic N) is 1. The molecule has 0 spiro atoms. The van der Waals surface area contributed by atoms with Crippen LogP contribution in [0.4, 0.5) is 0 Å². The molecule has 3 rings (SSSR count). The largest absolute Gasteiger partial charge is 0.345 e. The van der Waals surface area contributed by atoms with Crippen molar-refractivity contribution in [2.75, 3.05) is 13.1 Å². The van der Waals surface area contributed by atoms with Crippen molar-refractivity contribution in [3.8, 4) is 0 Å². The van der Waals surface area contributed by atoms with Crippen LogP contribution in [0.25, 0.3) is 0 Å². The third kappa shape index (κ3) is 2.47. The van der Waals surface area contributed by atoms with Gasteiger partial charge >= 0.3 is 0 Å². The van der Waals surface area contributed by atoms with Crippen molar-refractivity contribution in [1.82, 2.24) is 15.6 Å². The molecule has 1 aliphatic heterocycles. The van der Waals surface area contributed by atoms with Gasteiger partial charge in [0.1, 0.15) is 5.69 Å². The Hall–Kier alpha value is -1.13. The highest BCUT2D eigenvalue weighted by molar-refractivity contribution is 6.33. The molecule has 2 heterocycles. The minimum Gasteiger partial charge on any atom is -0.345 e. The average Bonchev–Trinajstić information content (AvgIpc) is 2.87. The predicted molar refractivity (Wildman–Crippen MR) is 74.2 cm³/mol. The Labute approximate surface area is 117 Å². The van der Waals surface area contributed by atoms with Gasteiger partial charge in [0, 0.05) is 11.7 Å². The zero-order chi connectivity index (χ0) is 13.5. The summed E-state index contributed by atoms with van der Waals surface area (Å²) < 4.78 is 0. The molecule has 2 N–H and O–H groups in total. The van der Waals surface area contributed by atoms with Crippen LogP contribution in [0.15, 0.2) is 18.3 Å². The quantitative estimate of drug-likeness (QED) is 0.869. The number of carbonyl (C=O) groups is 1. The zero-order valence-corrected chi connectivity index (χ0v) is 11.7. The second kappa shape index (κ2) is 4.76. The predicted octanol–water partition coefficient (Wildman–Crippen LogP) is 1.85. The highest BCUT2D eigenvalue weighted by Crippen LogP contribution is 2.41. The van der Waals surface area contributed by atoms with E-state index >= 15 is 0 Å². The fourth-order valence-corrected chi connectivity index (χ4v) is 3.70. The van der Waals surface area contributed by atoms with Gasteiger partial charge < -0.3 is 10.6 Å². The summed E-state index contributed by atoms with van der Waals surface area (Å²) in [4.78, 5) is 16.3. The Morgan fingerprint density at radius 2 is 2.16 bits per heavy atom. The van der Waals surface area contributed by atoms with E-state index < -0.39 is 0 Å². The summed E-state index contributed by atoms with van der Waals surface area (Å²) in [5.41, 5.74) is 0.190. The second-order valence-corrected chi connectivity index (χ2v) is 6.34. The first-order chi connectivity index (χ1) is 9.07. The lowest BCUT2D eigenvalue weighted by Gasteiger charge is -2.26. The molecule has 0 aromatic carbocycles. The average molecular weight is 280 g/mol. The molecular weight excluding hydrogens is 262 g/mol. The van der Waals surface area contributed by atoms with Gasteiger partial charge in [-0.05, 0) is 56.8 Å². The molecule has 3 atom stereocenters. The van der Waals surface area contributed by atoms with Crippen LogP contribution in [0.2, 0.25) is 5.02 Å². The van der Waals surface area contributed by atoms with Crippen LogP contribution < -0.4 is 10.6 Å². The number of pyridine rings is 1. The van der Waals surface area contributed by atoms with E-state index in [0.717, 1.165) is 25.9 Å². The van der Waals surface area contributed by atoms with E-state index in [1.807, 2.05) is 0 Å². The first-order valence-electron chi connectivity index (χ1n) is 6.71. The standard InChI is InChI=1S/C14H18ClN3O/c1-14(5-9-7-16-8-10(9)6-14)18-13(19)12-11(15)3-2-4-17-12/h2-4,9-10,16H,5-8H2,1H3,(H,18,19)/t9-,10+,14+. The third-order valence-corrected chi connectivity index (χ3v) is 4.60. The summed E-state index contributed by atoms with van der Waals surface area (Å²) in [6.07, 6.45) is 3.65. The normalized spacial score (nSPS) is 33.2. The topological polar surface area (TPSA) is 54.0 Å². The first-order valence-corrected chi connectivity index (χ1v) is 7.09. The number of rotatable bonds is 2. The number of fused-ring (bicyclic) bond motifs is 1. The summed E-state index contributed by atoms with van der Waals surface area (Å²) in [5, 5.41) is 6.94. The Bertz CT molecular complexity index is 493. The van der Waals surface area contributed by atoms with Gasteiger partial charge in [0.05, 0.1) is 5.02 Å². The van der Waals surface area contributed by atoms with Gasteiger partial charge in [0.2, 0.25) is 0 Å². The molecule has 2 aliphatic rings. The zero-order valence-electron chi connectivity index (χ0n) is 10.9. The minimum absolute atomic E-state index is 0.130. The van der Waals surface area contributed by atoms with E-state index in [1.54, 1.807) is 18.3 Å². The van der Waals surface area contributed by atoms with Gasteiger partial charge in [-0.1, -0.05) is 11.6 Å². The summed E-state index contributed by atoms with van der Waals surface area (Å²) >= 11 is 6.01. The fourth-order valence-electron chi connectivity index (χ4n) is 3.49. The number of carbonyl (C=O) groups excluding carboxylic acids is 1.